The molecule has 0 saturated carbocycles. The summed E-state index contributed by atoms with van der Waals surface area (Å²) < 4.78 is 13.4. The Bertz CT molecular complexity index is 533. The predicted octanol–water partition coefficient (Wildman–Crippen LogP) is 1.62. The average Bonchev–Trinajstić information content (AvgIpc) is 2.82. The third-order valence-corrected chi connectivity index (χ3v) is 3.45. The lowest BCUT2D eigenvalue weighted by molar-refractivity contribution is -0.142. The molecule has 5 nitrogen and oxygen atoms in total. The monoisotopic (exact) mass is 280 g/mol. The van der Waals surface area contributed by atoms with Crippen molar-refractivity contribution in [3.8, 4) is 0 Å². The van der Waals surface area contributed by atoms with Crippen LogP contribution in [0.4, 0.5) is 10.1 Å². The van der Waals surface area contributed by atoms with Crippen molar-refractivity contribution in [2.45, 2.75) is 25.8 Å². The van der Waals surface area contributed by atoms with E-state index in [1.807, 2.05) is 0 Å². The molecule has 6 heteroatoms. The first-order chi connectivity index (χ1) is 9.47. The second-order valence-corrected chi connectivity index (χ2v) is 4.98. The smallest absolute Gasteiger partial charge is 0.320 e. The molecule has 1 atom stereocenters. The number of hydrogen-bond donors (Lipinski definition) is 2. The lowest BCUT2D eigenvalue weighted by Crippen LogP contribution is -2.40. The molecule has 0 aromatic heterocycles. The molecular formula is C14H17FN2O3. The molecule has 1 aromatic carbocycles. The van der Waals surface area contributed by atoms with Gasteiger partial charge in [-0.25, -0.2) is 4.39 Å². The first kappa shape index (κ1) is 14.5. The summed E-state index contributed by atoms with van der Waals surface area (Å²) in [5, 5.41) is 11.6. The third-order valence-electron chi connectivity index (χ3n) is 3.45. The number of carbonyl (C=O) groups is 2. The molecule has 2 N–H and O–H groups in total. The zero-order valence-electron chi connectivity index (χ0n) is 11.2. The van der Waals surface area contributed by atoms with E-state index in [1.165, 1.54) is 6.07 Å². The molecule has 0 bridgehead atoms. The van der Waals surface area contributed by atoms with E-state index in [1.54, 1.807) is 24.0 Å². The van der Waals surface area contributed by atoms with Crippen LogP contribution in [0, 0.1) is 12.7 Å². The standard InChI is InChI=1S/C14H17FN2O3/c1-9-4-5-10(7-11(9)15)16-13(18)8-17-6-2-3-12(17)14(19)20/h4-5,7,12H,2-3,6,8H2,1H3,(H,16,18)(H,19,20). The third kappa shape index (κ3) is 3.33. The molecule has 0 aliphatic carbocycles. The molecule has 1 fully saturated rings. The van der Waals surface area contributed by atoms with Gasteiger partial charge in [0.1, 0.15) is 11.9 Å². The van der Waals surface area contributed by atoms with Gasteiger partial charge >= 0.3 is 5.97 Å². The van der Waals surface area contributed by atoms with Crippen molar-refractivity contribution in [1.29, 1.82) is 0 Å². The van der Waals surface area contributed by atoms with Crippen molar-refractivity contribution in [2.75, 3.05) is 18.4 Å². The summed E-state index contributed by atoms with van der Waals surface area (Å²) in [6, 6.07) is 3.86. The van der Waals surface area contributed by atoms with Gasteiger partial charge in [0.05, 0.1) is 6.54 Å². The van der Waals surface area contributed by atoms with Gasteiger partial charge in [-0.2, -0.15) is 0 Å². The molecule has 108 valence electrons. The predicted molar refractivity (Wildman–Crippen MR) is 72.0 cm³/mol. The second kappa shape index (κ2) is 6.00. The lowest BCUT2D eigenvalue weighted by Gasteiger charge is -2.20. The van der Waals surface area contributed by atoms with Crippen LogP contribution in [-0.2, 0) is 9.59 Å². The van der Waals surface area contributed by atoms with E-state index in [2.05, 4.69) is 5.32 Å². The molecule has 1 aliphatic heterocycles. The summed E-state index contributed by atoms with van der Waals surface area (Å²) in [4.78, 5) is 24.5. The Hall–Kier alpha value is -1.95. The zero-order chi connectivity index (χ0) is 14.7. The Morgan fingerprint density at radius 2 is 2.25 bits per heavy atom. The van der Waals surface area contributed by atoms with Crippen LogP contribution in [0.2, 0.25) is 0 Å². The molecule has 1 aliphatic rings. The average molecular weight is 280 g/mol. The number of aryl methyl sites for hydroxylation is 1. The SMILES string of the molecule is Cc1ccc(NC(=O)CN2CCCC2C(=O)O)cc1F. The van der Waals surface area contributed by atoms with Crippen molar-refractivity contribution in [2.24, 2.45) is 0 Å². The van der Waals surface area contributed by atoms with Gasteiger partial charge in [-0.3, -0.25) is 14.5 Å². The largest absolute Gasteiger partial charge is 0.480 e. The van der Waals surface area contributed by atoms with Crippen LogP contribution in [0.25, 0.3) is 0 Å². The number of likely N-dealkylation sites (tertiary alicyclic amines) is 1. The number of benzene rings is 1. The van der Waals surface area contributed by atoms with Gasteiger partial charge in [-0.05, 0) is 44.0 Å². The highest BCUT2D eigenvalue weighted by atomic mass is 19.1. The first-order valence-electron chi connectivity index (χ1n) is 6.50. The second-order valence-electron chi connectivity index (χ2n) is 4.98. The topological polar surface area (TPSA) is 69.6 Å². The number of hydrogen-bond acceptors (Lipinski definition) is 3. The number of carbonyl (C=O) groups excluding carboxylic acids is 1. The summed E-state index contributed by atoms with van der Waals surface area (Å²) in [5.74, 6) is -1.62. The summed E-state index contributed by atoms with van der Waals surface area (Å²) in [6.45, 7) is 2.24. The maximum atomic E-state index is 13.4. The van der Waals surface area contributed by atoms with E-state index in [0.717, 1.165) is 6.42 Å². The van der Waals surface area contributed by atoms with Crippen LogP contribution >= 0.6 is 0 Å². The summed E-state index contributed by atoms with van der Waals surface area (Å²) >= 11 is 0. The molecule has 1 aromatic rings. The molecule has 2 rings (SSSR count). The molecule has 1 unspecified atom stereocenters. The minimum absolute atomic E-state index is 0.00641. The van der Waals surface area contributed by atoms with E-state index in [9.17, 15) is 14.0 Å². The maximum absolute atomic E-state index is 13.4. The van der Waals surface area contributed by atoms with Gasteiger partial charge in [-0.15, -0.1) is 0 Å². The number of carboxylic acid groups (broad SMARTS) is 1. The highest BCUT2D eigenvalue weighted by molar-refractivity contribution is 5.92. The van der Waals surface area contributed by atoms with Gasteiger partial charge in [0.15, 0.2) is 0 Å². The van der Waals surface area contributed by atoms with E-state index in [0.29, 0.717) is 24.2 Å². The van der Waals surface area contributed by atoms with Crippen LogP contribution in [-0.4, -0.2) is 41.0 Å². The van der Waals surface area contributed by atoms with Crippen molar-refractivity contribution in [1.82, 2.24) is 4.90 Å². The fourth-order valence-electron chi connectivity index (χ4n) is 2.35. The first-order valence-corrected chi connectivity index (χ1v) is 6.50. The Kier molecular flexibility index (Phi) is 4.34. The molecule has 20 heavy (non-hydrogen) atoms. The molecular weight excluding hydrogens is 263 g/mol. The van der Waals surface area contributed by atoms with Gasteiger partial charge < -0.3 is 10.4 Å². The summed E-state index contributed by atoms with van der Waals surface area (Å²) in [6.07, 6.45) is 1.32. The van der Waals surface area contributed by atoms with Gasteiger partial charge in [0, 0.05) is 5.69 Å². The normalized spacial score (nSPS) is 19.0. The summed E-state index contributed by atoms with van der Waals surface area (Å²) in [7, 11) is 0. The molecule has 0 spiro atoms. The summed E-state index contributed by atoms with van der Waals surface area (Å²) in [5.41, 5.74) is 0.887. The van der Waals surface area contributed by atoms with Gasteiger partial charge in [-0.1, -0.05) is 6.07 Å². The Morgan fingerprint density at radius 3 is 2.90 bits per heavy atom. The number of rotatable bonds is 4. The molecule has 1 amide bonds. The number of carboxylic acids is 1. The number of halogens is 1. The van der Waals surface area contributed by atoms with Crippen LogP contribution < -0.4 is 5.32 Å². The maximum Gasteiger partial charge on any atom is 0.320 e. The number of amides is 1. The fraction of sp³-hybridized carbons (Fsp3) is 0.429. The quantitative estimate of drug-likeness (QED) is 0.879. The fourth-order valence-corrected chi connectivity index (χ4v) is 2.35. The van der Waals surface area contributed by atoms with Crippen molar-refractivity contribution in [3.63, 3.8) is 0 Å². The molecule has 1 saturated heterocycles. The molecule has 1 heterocycles. The minimum Gasteiger partial charge on any atom is -0.480 e. The van der Waals surface area contributed by atoms with Crippen LogP contribution in [0.1, 0.15) is 18.4 Å². The van der Waals surface area contributed by atoms with E-state index in [-0.39, 0.29) is 18.3 Å². The van der Waals surface area contributed by atoms with Gasteiger partial charge in [0.2, 0.25) is 5.91 Å². The minimum atomic E-state index is -0.906. The zero-order valence-corrected chi connectivity index (χ0v) is 11.2. The van der Waals surface area contributed by atoms with E-state index in [4.69, 9.17) is 5.11 Å². The molecule has 0 radical (unpaired) electrons. The highest BCUT2D eigenvalue weighted by Gasteiger charge is 2.31. The Labute approximate surface area is 116 Å². The number of anilines is 1. The van der Waals surface area contributed by atoms with E-state index < -0.39 is 12.0 Å². The van der Waals surface area contributed by atoms with Gasteiger partial charge in [0.25, 0.3) is 0 Å². The number of nitrogens with one attached hydrogen (secondary N) is 1. The number of nitrogens with zero attached hydrogens (tertiary/aromatic N) is 1. The van der Waals surface area contributed by atoms with Crippen LogP contribution in [0.15, 0.2) is 18.2 Å². The van der Waals surface area contributed by atoms with Crippen molar-refractivity contribution < 1.29 is 19.1 Å². The highest BCUT2D eigenvalue weighted by Crippen LogP contribution is 2.18. The van der Waals surface area contributed by atoms with Crippen molar-refractivity contribution in [3.05, 3.63) is 29.6 Å². The number of aliphatic carboxylic acids is 1. The van der Waals surface area contributed by atoms with Crippen LogP contribution in [0.5, 0.6) is 0 Å². The van der Waals surface area contributed by atoms with E-state index >= 15 is 0 Å². The Balaban J connectivity index is 1.95. The van der Waals surface area contributed by atoms with Crippen LogP contribution in [0.3, 0.4) is 0 Å². The lowest BCUT2D eigenvalue weighted by atomic mass is 10.2. The van der Waals surface area contributed by atoms with Crippen molar-refractivity contribution >= 4 is 17.6 Å². The Morgan fingerprint density at radius 1 is 1.50 bits per heavy atom.